The first-order valence-electron chi connectivity index (χ1n) is 7.51. The van der Waals surface area contributed by atoms with Crippen molar-refractivity contribution in [2.24, 2.45) is 0 Å². The van der Waals surface area contributed by atoms with Crippen molar-refractivity contribution in [2.45, 2.75) is 45.2 Å². The van der Waals surface area contributed by atoms with E-state index in [0.717, 1.165) is 10.7 Å². The van der Waals surface area contributed by atoms with Gasteiger partial charge >= 0.3 is 0 Å². The molecule has 0 spiro atoms. The number of nitrogens with one attached hydrogen (secondary N) is 2. The minimum absolute atomic E-state index is 0.0806. The number of rotatable bonds is 6. The van der Waals surface area contributed by atoms with Crippen molar-refractivity contribution in [1.29, 1.82) is 0 Å². The molecular weight excluding hydrogens is 346 g/mol. The molecule has 0 bridgehead atoms. The number of benzene rings is 1. The maximum absolute atomic E-state index is 12.4. The molecule has 6 nitrogen and oxygen atoms in total. The summed E-state index contributed by atoms with van der Waals surface area (Å²) in [4.78, 5) is 16.8. The molecule has 0 radical (unpaired) electrons. The quantitative estimate of drug-likeness (QED) is 0.820. The van der Waals surface area contributed by atoms with Gasteiger partial charge in [-0.1, -0.05) is 6.07 Å². The van der Waals surface area contributed by atoms with E-state index in [2.05, 4.69) is 15.0 Å². The van der Waals surface area contributed by atoms with Crippen molar-refractivity contribution in [3.8, 4) is 0 Å². The molecule has 0 aliphatic heterocycles. The third kappa shape index (κ3) is 4.62. The van der Waals surface area contributed by atoms with Crippen LogP contribution in [0.3, 0.4) is 0 Å². The molecule has 2 aromatic rings. The number of amides is 1. The van der Waals surface area contributed by atoms with Crippen LogP contribution in [0, 0.1) is 13.8 Å². The summed E-state index contributed by atoms with van der Waals surface area (Å²) in [5, 5.41) is 5.51. The molecule has 0 saturated carbocycles. The van der Waals surface area contributed by atoms with Gasteiger partial charge in [0, 0.05) is 22.7 Å². The fourth-order valence-corrected chi connectivity index (χ4v) is 4.11. The summed E-state index contributed by atoms with van der Waals surface area (Å²) >= 11 is 1.47. The Bertz CT molecular complexity index is 842. The number of sulfonamides is 1. The first-order chi connectivity index (χ1) is 11.2. The molecule has 0 atom stereocenters. The molecule has 0 fully saturated rings. The van der Waals surface area contributed by atoms with E-state index < -0.39 is 10.0 Å². The highest BCUT2D eigenvalue weighted by Gasteiger charge is 2.19. The van der Waals surface area contributed by atoms with Gasteiger partial charge in [0.2, 0.25) is 10.0 Å². The third-order valence-corrected chi connectivity index (χ3v) is 5.84. The van der Waals surface area contributed by atoms with Crippen LogP contribution in [0.1, 0.15) is 40.5 Å². The molecule has 0 saturated heterocycles. The molecule has 2 N–H and O–H groups in total. The van der Waals surface area contributed by atoms with Crippen molar-refractivity contribution < 1.29 is 13.2 Å². The Labute approximate surface area is 146 Å². The highest BCUT2D eigenvalue weighted by molar-refractivity contribution is 7.89. The van der Waals surface area contributed by atoms with Gasteiger partial charge < -0.3 is 5.32 Å². The van der Waals surface area contributed by atoms with Crippen molar-refractivity contribution in [3.63, 3.8) is 0 Å². The number of carbonyl (C=O) groups excluding carboxylic acids is 1. The Morgan fingerprint density at radius 3 is 2.58 bits per heavy atom. The van der Waals surface area contributed by atoms with Gasteiger partial charge in [-0.05, 0) is 45.4 Å². The summed E-state index contributed by atoms with van der Waals surface area (Å²) in [7, 11) is -3.64. The standard InChI is InChI=1S/C16H21N3O3S2/c1-10(2)19-24(21,22)13-6-5-11(3)14(7-13)16(20)17-8-15-18-12(4)9-23-15/h5-7,9-10,19H,8H2,1-4H3,(H,17,20). The summed E-state index contributed by atoms with van der Waals surface area (Å²) in [6.07, 6.45) is 0. The topological polar surface area (TPSA) is 88.2 Å². The lowest BCUT2D eigenvalue weighted by Gasteiger charge is -2.12. The van der Waals surface area contributed by atoms with E-state index in [1.54, 1.807) is 26.8 Å². The van der Waals surface area contributed by atoms with Crippen LogP contribution in [0.15, 0.2) is 28.5 Å². The van der Waals surface area contributed by atoms with E-state index in [9.17, 15) is 13.2 Å². The fraction of sp³-hybridized carbons (Fsp3) is 0.375. The third-order valence-electron chi connectivity index (χ3n) is 3.22. The molecule has 1 heterocycles. The van der Waals surface area contributed by atoms with Crippen LogP contribution in [0.5, 0.6) is 0 Å². The van der Waals surface area contributed by atoms with Crippen molar-refractivity contribution in [1.82, 2.24) is 15.0 Å². The van der Waals surface area contributed by atoms with E-state index in [1.807, 2.05) is 12.3 Å². The molecule has 0 aliphatic rings. The van der Waals surface area contributed by atoms with E-state index in [1.165, 1.54) is 23.5 Å². The lowest BCUT2D eigenvalue weighted by molar-refractivity contribution is 0.0950. The molecule has 130 valence electrons. The highest BCUT2D eigenvalue weighted by Crippen LogP contribution is 2.16. The van der Waals surface area contributed by atoms with Crippen molar-refractivity contribution in [3.05, 3.63) is 45.4 Å². The smallest absolute Gasteiger partial charge is 0.251 e. The lowest BCUT2D eigenvalue weighted by atomic mass is 10.1. The zero-order valence-electron chi connectivity index (χ0n) is 14.1. The largest absolute Gasteiger partial charge is 0.346 e. The predicted molar refractivity (Wildman–Crippen MR) is 94.7 cm³/mol. The molecule has 8 heteroatoms. The average molecular weight is 367 g/mol. The number of carbonyl (C=O) groups is 1. The SMILES string of the molecule is Cc1csc(CNC(=O)c2cc(S(=O)(=O)NC(C)C)ccc2C)n1. The van der Waals surface area contributed by atoms with E-state index in [0.29, 0.717) is 17.7 Å². The second-order valence-electron chi connectivity index (χ2n) is 5.82. The van der Waals surface area contributed by atoms with Gasteiger partial charge in [0.05, 0.1) is 11.4 Å². The molecule has 1 aromatic heterocycles. The predicted octanol–water partition coefficient (Wildman–Crippen LogP) is 2.38. The van der Waals surface area contributed by atoms with Crippen molar-refractivity contribution in [2.75, 3.05) is 0 Å². The average Bonchev–Trinajstić information content (AvgIpc) is 2.89. The molecule has 1 aromatic carbocycles. The first-order valence-corrected chi connectivity index (χ1v) is 9.87. The molecule has 24 heavy (non-hydrogen) atoms. The second kappa shape index (κ2) is 7.42. The van der Waals surface area contributed by atoms with E-state index >= 15 is 0 Å². The summed E-state index contributed by atoms with van der Waals surface area (Å²) in [6.45, 7) is 7.47. The van der Waals surface area contributed by atoms with Gasteiger partial charge in [-0.3, -0.25) is 4.79 Å². The van der Waals surface area contributed by atoms with Crippen LogP contribution in [0.25, 0.3) is 0 Å². The highest BCUT2D eigenvalue weighted by atomic mass is 32.2. The summed E-state index contributed by atoms with van der Waals surface area (Å²) in [5.74, 6) is -0.318. The van der Waals surface area contributed by atoms with E-state index in [-0.39, 0.29) is 16.8 Å². The Morgan fingerprint density at radius 1 is 1.29 bits per heavy atom. The van der Waals surface area contributed by atoms with Crippen LogP contribution < -0.4 is 10.0 Å². The van der Waals surface area contributed by atoms with Gasteiger partial charge in [0.1, 0.15) is 5.01 Å². The minimum atomic E-state index is -3.64. The molecular formula is C16H21N3O3S2. The van der Waals surface area contributed by atoms with Crippen LogP contribution in [0.4, 0.5) is 0 Å². The monoisotopic (exact) mass is 367 g/mol. The Morgan fingerprint density at radius 2 is 2.00 bits per heavy atom. The Kier molecular flexibility index (Phi) is 5.74. The zero-order chi connectivity index (χ0) is 17.9. The summed E-state index contributed by atoms with van der Waals surface area (Å²) in [6, 6.07) is 4.32. The van der Waals surface area contributed by atoms with E-state index in [4.69, 9.17) is 0 Å². The summed E-state index contributed by atoms with van der Waals surface area (Å²) < 4.78 is 27.0. The molecule has 0 unspecified atom stereocenters. The fourth-order valence-electron chi connectivity index (χ4n) is 2.13. The number of hydrogen-bond acceptors (Lipinski definition) is 5. The second-order valence-corrected chi connectivity index (χ2v) is 8.47. The molecule has 2 rings (SSSR count). The van der Waals surface area contributed by atoms with Gasteiger partial charge in [-0.15, -0.1) is 11.3 Å². The van der Waals surface area contributed by atoms with Crippen LogP contribution >= 0.6 is 11.3 Å². The van der Waals surface area contributed by atoms with Gasteiger partial charge in [-0.2, -0.15) is 0 Å². The molecule has 1 amide bonds. The maximum Gasteiger partial charge on any atom is 0.251 e. The van der Waals surface area contributed by atoms with Crippen LogP contribution in [0.2, 0.25) is 0 Å². The Hall–Kier alpha value is -1.77. The minimum Gasteiger partial charge on any atom is -0.346 e. The number of aromatic nitrogens is 1. The Balaban J connectivity index is 2.20. The number of nitrogens with zero attached hydrogens (tertiary/aromatic N) is 1. The van der Waals surface area contributed by atoms with Crippen LogP contribution in [-0.4, -0.2) is 25.4 Å². The number of aryl methyl sites for hydroxylation is 2. The normalized spacial score (nSPS) is 11.7. The van der Waals surface area contributed by atoms with Gasteiger partial charge in [0.25, 0.3) is 5.91 Å². The zero-order valence-corrected chi connectivity index (χ0v) is 15.7. The van der Waals surface area contributed by atoms with Crippen molar-refractivity contribution >= 4 is 27.3 Å². The van der Waals surface area contributed by atoms with Gasteiger partial charge in [0.15, 0.2) is 0 Å². The summed E-state index contributed by atoms with van der Waals surface area (Å²) in [5.41, 5.74) is 1.97. The maximum atomic E-state index is 12.4. The number of thiazole rings is 1. The first kappa shape index (κ1) is 18.6. The molecule has 0 aliphatic carbocycles. The van der Waals surface area contributed by atoms with Crippen LogP contribution in [-0.2, 0) is 16.6 Å². The lowest BCUT2D eigenvalue weighted by Crippen LogP contribution is -2.30. The van der Waals surface area contributed by atoms with Gasteiger partial charge in [-0.25, -0.2) is 18.1 Å². The number of hydrogen-bond donors (Lipinski definition) is 2.